The van der Waals surface area contributed by atoms with Gasteiger partial charge in [-0.2, -0.15) is 13.2 Å². The number of fused-ring (bicyclic) bond motifs is 1. The van der Waals surface area contributed by atoms with Crippen LogP contribution in [0, 0.1) is 6.92 Å². The number of anilines is 1. The smallest absolute Gasteiger partial charge is 0.369 e. The van der Waals surface area contributed by atoms with Crippen molar-refractivity contribution in [2.24, 2.45) is 0 Å². The fourth-order valence-corrected chi connectivity index (χ4v) is 3.64. The normalized spacial score (nSPS) is 11.9. The fraction of sp³-hybridized carbons (Fsp3) is 0.368. The molecule has 0 saturated heterocycles. The molecule has 0 amide bonds. The Hall–Kier alpha value is -2.15. The first-order valence-corrected chi connectivity index (χ1v) is 9.35. The number of alkyl halides is 3. The Morgan fingerprint density at radius 3 is 2.50 bits per heavy atom. The van der Waals surface area contributed by atoms with Crippen molar-refractivity contribution in [3.8, 4) is 0 Å². The Morgan fingerprint density at radius 1 is 1.12 bits per heavy atom. The average Bonchev–Trinajstić information content (AvgIpc) is 2.98. The molecule has 26 heavy (non-hydrogen) atoms. The van der Waals surface area contributed by atoms with Gasteiger partial charge in [0.2, 0.25) is 0 Å². The molecule has 1 aromatic carbocycles. The SMILES string of the molecule is CCc1nc(NCCCc2ccc(C(F)(F)F)cc2)c2cc(C)sc2n1. The van der Waals surface area contributed by atoms with Gasteiger partial charge >= 0.3 is 6.18 Å². The van der Waals surface area contributed by atoms with E-state index in [0.717, 1.165) is 52.4 Å². The molecule has 3 aromatic rings. The highest BCUT2D eigenvalue weighted by atomic mass is 32.1. The van der Waals surface area contributed by atoms with Crippen LogP contribution in [0.4, 0.5) is 19.0 Å². The third-order valence-corrected chi connectivity index (χ3v) is 5.04. The minimum atomic E-state index is -4.28. The molecule has 0 saturated carbocycles. The molecule has 0 radical (unpaired) electrons. The van der Waals surface area contributed by atoms with Crippen LogP contribution in [0.5, 0.6) is 0 Å². The molecule has 3 rings (SSSR count). The highest BCUT2D eigenvalue weighted by Gasteiger charge is 2.29. The maximum absolute atomic E-state index is 12.6. The van der Waals surface area contributed by atoms with Crippen molar-refractivity contribution in [3.05, 3.63) is 52.2 Å². The molecule has 2 aromatic heterocycles. The molecule has 0 atom stereocenters. The van der Waals surface area contributed by atoms with Crippen LogP contribution in [0.25, 0.3) is 10.2 Å². The number of hydrogen-bond donors (Lipinski definition) is 1. The van der Waals surface area contributed by atoms with Gasteiger partial charge in [-0.15, -0.1) is 11.3 Å². The summed E-state index contributed by atoms with van der Waals surface area (Å²) in [5, 5.41) is 4.38. The molecule has 0 aliphatic heterocycles. The van der Waals surface area contributed by atoms with Crippen LogP contribution in [-0.4, -0.2) is 16.5 Å². The summed E-state index contributed by atoms with van der Waals surface area (Å²) in [5.74, 6) is 1.65. The molecule has 1 N–H and O–H groups in total. The highest BCUT2D eigenvalue weighted by molar-refractivity contribution is 7.18. The van der Waals surface area contributed by atoms with Gasteiger partial charge in [0.05, 0.1) is 10.9 Å². The monoisotopic (exact) mass is 379 g/mol. The molecule has 0 fully saturated rings. The van der Waals surface area contributed by atoms with E-state index in [1.807, 2.05) is 13.8 Å². The Kier molecular flexibility index (Phi) is 5.46. The van der Waals surface area contributed by atoms with E-state index in [1.54, 1.807) is 23.5 Å². The summed E-state index contributed by atoms with van der Waals surface area (Å²) in [5.41, 5.74) is 0.288. The minimum Gasteiger partial charge on any atom is -0.369 e. The number of aromatic nitrogens is 2. The summed E-state index contributed by atoms with van der Waals surface area (Å²) in [7, 11) is 0. The lowest BCUT2D eigenvalue weighted by Crippen LogP contribution is -2.07. The van der Waals surface area contributed by atoms with Crippen LogP contribution in [0.3, 0.4) is 0 Å². The summed E-state index contributed by atoms with van der Waals surface area (Å²) in [6, 6.07) is 7.45. The molecule has 0 aliphatic carbocycles. The highest BCUT2D eigenvalue weighted by Crippen LogP contribution is 2.30. The lowest BCUT2D eigenvalue weighted by molar-refractivity contribution is -0.137. The zero-order valence-corrected chi connectivity index (χ0v) is 15.5. The molecular formula is C19H20F3N3S. The lowest BCUT2D eigenvalue weighted by Gasteiger charge is -2.09. The van der Waals surface area contributed by atoms with E-state index in [-0.39, 0.29) is 0 Å². The third kappa shape index (κ3) is 4.33. The standard InChI is InChI=1S/C19H20F3N3S/c1-3-16-24-17(15-11-12(2)26-18(15)25-16)23-10-4-5-13-6-8-14(9-7-13)19(20,21)22/h6-9,11H,3-5,10H2,1-2H3,(H,23,24,25). The van der Waals surface area contributed by atoms with Crippen molar-refractivity contribution in [1.29, 1.82) is 0 Å². The van der Waals surface area contributed by atoms with Gasteiger partial charge in [0.25, 0.3) is 0 Å². The van der Waals surface area contributed by atoms with E-state index in [4.69, 9.17) is 0 Å². The fourth-order valence-electron chi connectivity index (χ4n) is 2.74. The van der Waals surface area contributed by atoms with E-state index in [9.17, 15) is 13.2 Å². The van der Waals surface area contributed by atoms with Gasteiger partial charge < -0.3 is 5.32 Å². The first kappa shape index (κ1) is 18.6. The summed E-state index contributed by atoms with van der Waals surface area (Å²) in [6.07, 6.45) is -1.99. The predicted octanol–water partition coefficient (Wildman–Crippen LogP) is 5.63. The zero-order chi connectivity index (χ0) is 18.7. The van der Waals surface area contributed by atoms with E-state index >= 15 is 0 Å². The van der Waals surface area contributed by atoms with Gasteiger partial charge in [-0.1, -0.05) is 19.1 Å². The van der Waals surface area contributed by atoms with Crippen LogP contribution in [0.2, 0.25) is 0 Å². The van der Waals surface area contributed by atoms with Crippen molar-refractivity contribution >= 4 is 27.4 Å². The number of aryl methyl sites for hydroxylation is 3. The first-order chi connectivity index (χ1) is 12.4. The second-order valence-electron chi connectivity index (χ2n) is 6.14. The number of nitrogens with zero attached hydrogens (tertiary/aromatic N) is 2. The van der Waals surface area contributed by atoms with E-state index in [0.29, 0.717) is 13.0 Å². The second kappa shape index (κ2) is 7.61. The van der Waals surface area contributed by atoms with Gasteiger partial charge in [0.15, 0.2) is 0 Å². The van der Waals surface area contributed by atoms with Crippen molar-refractivity contribution < 1.29 is 13.2 Å². The van der Waals surface area contributed by atoms with E-state index < -0.39 is 11.7 Å². The number of nitrogens with one attached hydrogen (secondary N) is 1. The Morgan fingerprint density at radius 2 is 1.85 bits per heavy atom. The zero-order valence-electron chi connectivity index (χ0n) is 14.7. The molecule has 138 valence electrons. The molecule has 2 heterocycles. The Bertz CT molecular complexity index is 885. The van der Waals surface area contributed by atoms with E-state index in [1.165, 1.54) is 4.88 Å². The molecule has 3 nitrogen and oxygen atoms in total. The molecule has 0 bridgehead atoms. The van der Waals surface area contributed by atoms with E-state index in [2.05, 4.69) is 21.4 Å². The number of thiophene rings is 1. The van der Waals surface area contributed by atoms with Crippen LogP contribution < -0.4 is 5.32 Å². The largest absolute Gasteiger partial charge is 0.416 e. The van der Waals surface area contributed by atoms with Crippen molar-refractivity contribution in [2.45, 2.75) is 39.3 Å². The molecule has 7 heteroatoms. The summed E-state index contributed by atoms with van der Waals surface area (Å²) in [6.45, 7) is 4.77. The second-order valence-corrected chi connectivity index (χ2v) is 7.38. The number of rotatable bonds is 6. The quantitative estimate of drug-likeness (QED) is 0.565. The van der Waals surface area contributed by atoms with Crippen molar-refractivity contribution in [3.63, 3.8) is 0 Å². The summed E-state index contributed by atoms with van der Waals surface area (Å²) < 4.78 is 37.8. The minimum absolute atomic E-state index is 0.609. The van der Waals surface area contributed by atoms with Gasteiger partial charge in [0.1, 0.15) is 16.5 Å². The maximum atomic E-state index is 12.6. The Balaban J connectivity index is 1.61. The number of benzene rings is 1. The maximum Gasteiger partial charge on any atom is 0.416 e. The van der Waals surface area contributed by atoms with Crippen LogP contribution in [-0.2, 0) is 19.0 Å². The van der Waals surface area contributed by atoms with Crippen LogP contribution >= 0.6 is 11.3 Å². The first-order valence-electron chi connectivity index (χ1n) is 8.54. The summed E-state index contributed by atoms with van der Waals surface area (Å²) >= 11 is 1.65. The van der Waals surface area contributed by atoms with Crippen LogP contribution in [0.1, 0.15) is 35.2 Å². The average molecular weight is 379 g/mol. The van der Waals surface area contributed by atoms with Gasteiger partial charge in [0, 0.05) is 17.8 Å². The topological polar surface area (TPSA) is 37.8 Å². The molecule has 0 unspecified atom stereocenters. The van der Waals surface area contributed by atoms with Crippen molar-refractivity contribution in [1.82, 2.24) is 9.97 Å². The van der Waals surface area contributed by atoms with Gasteiger partial charge in [-0.05, 0) is 43.5 Å². The third-order valence-electron chi connectivity index (χ3n) is 4.09. The summed E-state index contributed by atoms with van der Waals surface area (Å²) in [4.78, 5) is 11.3. The predicted molar refractivity (Wildman–Crippen MR) is 99.8 cm³/mol. The van der Waals surface area contributed by atoms with Gasteiger partial charge in [-0.3, -0.25) is 0 Å². The molecular weight excluding hydrogens is 359 g/mol. The number of halogens is 3. The number of hydrogen-bond acceptors (Lipinski definition) is 4. The Labute approximate surface area is 154 Å². The van der Waals surface area contributed by atoms with Crippen LogP contribution in [0.15, 0.2) is 30.3 Å². The van der Waals surface area contributed by atoms with Crippen molar-refractivity contribution in [2.75, 3.05) is 11.9 Å². The lowest BCUT2D eigenvalue weighted by atomic mass is 10.1. The van der Waals surface area contributed by atoms with Gasteiger partial charge in [-0.25, -0.2) is 9.97 Å². The molecule has 0 spiro atoms. The molecule has 0 aliphatic rings.